The molecule has 0 bridgehead atoms. The molecule has 0 spiro atoms. The molecule has 2 rings (SSSR count). The van der Waals surface area contributed by atoms with Crippen molar-refractivity contribution in [2.45, 2.75) is 170 Å². The predicted octanol–water partition coefficient (Wildman–Crippen LogP) is 13.1. The van der Waals surface area contributed by atoms with Crippen LogP contribution in [0, 0.1) is 0 Å². The summed E-state index contributed by atoms with van der Waals surface area (Å²) >= 11 is 0. The van der Waals surface area contributed by atoms with E-state index in [1.807, 2.05) is 0 Å². The number of rotatable bonds is 23. The fraction of sp³-hybridized carbons (Fsp3) is 0.650. The van der Waals surface area contributed by atoms with Crippen LogP contribution in [0.15, 0.2) is 46.4 Å². The maximum Gasteiger partial charge on any atom is 0.0639 e. The normalized spacial score (nSPS) is 12.0. The second-order valence-corrected chi connectivity index (χ2v) is 12.4. The summed E-state index contributed by atoms with van der Waals surface area (Å²) in [5, 5.41) is 0. The van der Waals surface area contributed by atoms with E-state index in [0.29, 0.717) is 0 Å². The maximum atomic E-state index is 5.47. The second kappa shape index (κ2) is 24.6. The number of aryl methyl sites for hydroxylation is 4. The van der Waals surface area contributed by atoms with Crippen LogP contribution in [-0.4, -0.2) is 11.4 Å². The van der Waals surface area contributed by atoms with E-state index in [4.69, 9.17) is 9.98 Å². The van der Waals surface area contributed by atoms with Gasteiger partial charge >= 0.3 is 0 Å². The summed E-state index contributed by atoms with van der Waals surface area (Å²) in [5.74, 6) is 0. The van der Waals surface area contributed by atoms with Crippen LogP contribution in [0.1, 0.15) is 167 Å². The Morgan fingerprint density at radius 1 is 0.442 bits per heavy atom. The van der Waals surface area contributed by atoms with Crippen molar-refractivity contribution in [1.29, 1.82) is 0 Å². The van der Waals surface area contributed by atoms with Crippen LogP contribution >= 0.6 is 0 Å². The van der Waals surface area contributed by atoms with Gasteiger partial charge in [0.25, 0.3) is 0 Å². The minimum absolute atomic E-state index is 0. The van der Waals surface area contributed by atoms with Crippen LogP contribution in [0.4, 0.5) is 11.4 Å². The molecule has 0 amide bonds. The molecular weight excluding hydrogens is 567 g/mol. The van der Waals surface area contributed by atoms with Crippen LogP contribution in [0.5, 0.6) is 0 Å². The van der Waals surface area contributed by atoms with Crippen molar-refractivity contribution in [3.63, 3.8) is 0 Å². The van der Waals surface area contributed by atoms with Gasteiger partial charge in [-0.2, -0.15) is 0 Å². The van der Waals surface area contributed by atoms with Crippen LogP contribution in [0.3, 0.4) is 0 Å². The second-order valence-electron chi connectivity index (χ2n) is 12.4. The molecule has 2 aromatic rings. The van der Waals surface area contributed by atoms with Gasteiger partial charge in [-0.3, -0.25) is 9.98 Å². The van der Waals surface area contributed by atoms with Crippen molar-refractivity contribution in [3.8, 4) is 0 Å². The van der Waals surface area contributed by atoms with E-state index in [0.717, 1.165) is 56.3 Å². The molecule has 0 saturated carbocycles. The smallest absolute Gasteiger partial charge is 0.0639 e. The zero-order chi connectivity index (χ0) is 30.4. The molecule has 0 atom stereocenters. The van der Waals surface area contributed by atoms with Crippen molar-refractivity contribution in [2.24, 2.45) is 9.98 Å². The third kappa shape index (κ3) is 15.7. The Bertz CT molecular complexity index is 1040. The van der Waals surface area contributed by atoms with Crippen LogP contribution in [0.2, 0.25) is 0 Å². The summed E-state index contributed by atoms with van der Waals surface area (Å²) in [6, 6.07) is 14.1. The standard InChI is InChI=1S/C40H64N2.Ni/c1-7-13-17-18-19-20-26-40(42-38-30-33(23-14-8-2)29-34(31-38)24-15-9-3)39(25-16-10-4)41-37-28-27-35(21-11-5)36(32-37)22-12-6;/h27-32H,7-26H2,1-6H3;/b41-39+,42-40+;. The van der Waals surface area contributed by atoms with Crippen molar-refractivity contribution in [1.82, 2.24) is 0 Å². The van der Waals surface area contributed by atoms with Gasteiger partial charge in [-0.1, -0.05) is 118 Å². The Labute approximate surface area is 277 Å². The van der Waals surface area contributed by atoms with Gasteiger partial charge in [-0.05, 0) is 111 Å². The summed E-state index contributed by atoms with van der Waals surface area (Å²) in [6.07, 6.45) is 24.0. The van der Waals surface area contributed by atoms with E-state index < -0.39 is 0 Å². The Kier molecular flexibility index (Phi) is 22.5. The average Bonchev–Trinajstić information content (AvgIpc) is 2.99. The van der Waals surface area contributed by atoms with Crippen molar-refractivity contribution in [2.75, 3.05) is 0 Å². The molecule has 0 N–H and O–H groups in total. The van der Waals surface area contributed by atoms with Crippen molar-refractivity contribution in [3.05, 3.63) is 58.7 Å². The van der Waals surface area contributed by atoms with E-state index in [-0.39, 0.29) is 16.5 Å². The topological polar surface area (TPSA) is 24.7 Å². The van der Waals surface area contributed by atoms with E-state index in [2.05, 4.69) is 77.9 Å². The molecule has 2 nitrogen and oxygen atoms in total. The summed E-state index contributed by atoms with van der Waals surface area (Å²) in [7, 11) is 0. The molecular formula is C40H64N2Ni. The van der Waals surface area contributed by atoms with Gasteiger partial charge in [0.05, 0.1) is 22.8 Å². The Morgan fingerprint density at radius 2 is 0.953 bits per heavy atom. The first-order chi connectivity index (χ1) is 20.6. The zero-order valence-electron chi connectivity index (χ0n) is 28.8. The van der Waals surface area contributed by atoms with E-state index in [1.165, 1.54) is 117 Å². The fourth-order valence-electron chi connectivity index (χ4n) is 5.81. The van der Waals surface area contributed by atoms with Gasteiger partial charge in [-0.15, -0.1) is 0 Å². The van der Waals surface area contributed by atoms with Crippen LogP contribution in [0.25, 0.3) is 0 Å². The van der Waals surface area contributed by atoms with Gasteiger partial charge in [0.15, 0.2) is 0 Å². The zero-order valence-corrected chi connectivity index (χ0v) is 29.8. The summed E-state index contributed by atoms with van der Waals surface area (Å²) in [6.45, 7) is 13.7. The first-order valence-electron chi connectivity index (χ1n) is 18.0. The molecule has 0 heterocycles. The number of unbranched alkanes of at least 4 members (excludes halogenated alkanes) is 8. The molecule has 244 valence electrons. The Hall–Kier alpha value is -1.73. The molecule has 0 fully saturated rings. The fourth-order valence-corrected chi connectivity index (χ4v) is 5.81. The Balaban J connectivity index is 0.00000924. The number of benzene rings is 2. The van der Waals surface area contributed by atoms with Crippen LogP contribution in [-0.2, 0) is 42.2 Å². The monoisotopic (exact) mass is 630 g/mol. The van der Waals surface area contributed by atoms with Gasteiger partial charge in [0.1, 0.15) is 0 Å². The van der Waals surface area contributed by atoms with Gasteiger partial charge < -0.3 is 0 Å². The van der Waals surface area contributed by atoms with Crippen molar-refractivity contribution >= 4 is 22.8 Å². The molecule has 2 aromatic carbocycles. The SMILES string of the molecule is CCCCCCCCC(=N\c1cc(CCCC)cc(CCCC)c1)/C(CCCC)=N/c1ccc(CCC)c(CCC)c1.[Ni]. The molecule has 3 heteroatoms. The van der Waals surface area contributed by atoms with E-state index in [9.17, 15) is 0 Å². The third-order valence-corrected chi connectivity index (χ3v) is 8.30. The van der Waals surface area contributed by atoms with Gasteiger partial charge in [0.2, 0.25) is 0 Å². The minimum Gasteiger partial charge on any atom is -0.252 e. The quantitative estimate of drug-likeness (QED) is 0.0662. The largest absolute Gasteiger partial charge is 0.252 e. The van der Waals surface area contributed by atoms with Gasteiger partial charge in [0, 0.05) is 16.5 Å². The predicted molar refractivity (Wildman–Crippen MR) is 190 cm³/mol. The molecule has 0 aliphatic heterocycles. The molecule has 0 aliphatic carbocycles. The van der Waals surface area contributed by atoms with Crippen LogP contribution < -0.4 is 0 Å². The maximum absolute atomic E-state index is 5.47. The first-order valence-corrected chi connectivity index (χ1v) is 18.0. The minimum atomic E-state index is 0. The Morgan fingerprint density at radius 3 is 1.53 bits per heavy atom. The van der Waals surface area contributed by atoms with E-state index in [1.54, 1.807) is 0 Å². The third-order valence-electron chi connectivity index (χ3n) is 8.30. The molecule has 0 radical (unpaired) electrons. The summed E-state index contributed by atoms with van der Waals surface area (Å²) in [5.41, 5.74) is 10.6. The number of hydrogen-bond acceptors (Lipinski definition) is 2. The number of nitrogens with zero attached hydrogens (tertiary/aromatic N) is 2. The number of hydrogen-bond donors (Lipinski definition) is 0. The summed E-state index contributed by atoms with van der Waals surface area (Å²) < 4.78 is 0. The molecule has 43 heavy (non-hydrogen) atoms. The molecule has 0 unspecified atom stereocenters. The average molecular weight is 632 g/mol. The molecule has 0 saturated heterocycles. The summed E-state index contributed by atoms with van der Waals surface area (Å²) in [4.78, 5) is 10.9. The number of aliphatic imine (C=N–C) groups is 2. The molecule has 0 aromatic heterocycles. The molecule has 0 aliphatic rings. The first kappa shape index (κ1) is 39.3. The van der Waals surface area contributed by atoms with Gasteiger partial charge in [-0.25, -0.2) is 0 Å². The van der Waals surface area contributed by atoms with Crippen molar-refractivity contribution < 1.29 is 16.5 Å². The van der Waals surface area contributed by atoms with E-state index >= 15 is 0 Å².